The maximum Gasteiger partial charge on any atom is 0.119 e. The molecule has 1 aromatic rings. The van der Waals surface area contributed by atoms with Crippen molar-refractivity contribution in [1.29, 1.82) is 0 Å². The Labute approximate surface area is 110 Å². The molecule has 18 heavy (non-hydrogen) atoms. The minimum atomic E-state index is 0.741. The van der Waals surface area contributed by atoms with Gasteiger partial charge in [-0.15, -0.1) is 6.58 Å². The topological polar surface area (TPSA) is 30.5 Å². The Morgan fingerprint density at radius 2 is 2.00 bits per heavy atom. The van der Waals surface area contributed by atoms with Crippen LogP contribution in [0.1, 0.15) is 18.4 Å². The van der Waals surface area contributed by atoms with Crippen molar-refractivity contribution >= 4 is 0 Å². The van der Waals surface area contributed by atoms with Gasteiger partial charge in [0.15, 0.2) is 0 Å². The Morgan fingerprint density at radius 1 is 1.22 bits per heavy atom. The van der Waals surface area contributed by atoms with E-state index in [2.05, 4.69) is 24.0 Å². The van der Waals surface area contributed by atoms with Crippen LogP contribution >= 0.6 is 0 Å². The summed E-state index contributed by atoms with van der Waals surface area (Å²) in [5.74, 6) is 0.930. The third-order valence-electron chi connectivity index (χ3n) is 2.56. The van der Waals surface area contributed by atoms with Crippen LogP contribution in [0.5, 0.6) is 5.75 Å². The molecular weight excluding hydrogens is 226 g/mol. The summed E-state index contributed by atoms with van der Waals surface area (Å²) in [5.41, 5.74) is 1.25. The lowest BCUT2D eigenvalue weighted by Gasteiger charge is -2.07. The summed E-state index contributed by atoms with van der Waals surface area (Å²) >= 11 is 0. The van der Waals surface area contributed by atoms with Crippen molar-refractivity contribution in [2.24, 2.45) is 0 Å². The first-order chi connectivity index (χ1) is 8.86. The molecule has 100 valence electrons. The van der Waals surface area contributed by atoms with Crippen molar-refractivity contribution < 1.29 is 9.47 Å². The van der Waals surface area contributed by atoms with E-state index >= 15 is 0 Å². The first-order valence-corrected chi connectivity index (χ1v) is 6.39. The lowest BCUT2D eigenvalue weighted by molar-refractivity contribution is 0.199. The first-order valence-electron chi connectivity index (χ1n) is 6.39. The Balaban J connectivity index is 2.22. The van der Waals surface area contributed by atoms with E-state index in [4.69, 9.17) is 9.47 Å². The predicted molar refractivity (Wildman–Crippen MR) is 75.0 cm³/mol. The van der Waals surface area contributed by atoms with Crippen molar-refractivity contribution in [3.63, 3.8) is 0 Å². The summed E-state index contributed by atoms with van der Waals surface area (Å²) in [7, 11) is 1.71. The first kappa shape index (κ1) is 14.7. The zero-order valence-electron chi connectivity index (χ0n) is 11.2. The molecule has 3 heteroatoms. The van der Waals surface area contributed by atoms with Gasteiger partial charge in [-0.2, -0.15) is 0 Å². The van der Waals surface area contributed by atoms with Crippen molar-refractivity contribution in [1.82, 2.24) is 5.32 Å². The molecular formula is C15H23NO2. The second-order valence-electron chi connectivity index (χ2n) is 4.09. The minimum Gasteiger partial charge on any atom is -0.494 e. The fourth-order valence-corrected chi connectivity index (χ4v) is 1.53. The Bertz CT molecular complexity index is 322. The van der Waals surface area contributed by atoms with Crippen LogP contribution in [-0.2, 0) is 11.3 Å². The highest BCUT2D eigenvalue weighted by Gasteiger charge is 1.95. The molecule has 0 heterocycles. The molecule has 0 amide bonds. The van der Waals surface area contributed by atoms with E-state index in [1.165, 1.54) is 5.56 Å². The summed E-state index contributed by atoms with van der Waals surface area (Å²) in [6.45, 7) is 6.91. The molecule has 0 aromatic heterocycles. The molecule has 0 saturated carbocycles. The number of hydrogen-bond donors (Lipinski definition) is 1. The Morgan fingerprint density at radius 3 is 2.67 bits per heavy atom. The molecule has 1 rings (SSSR count). The summed E-state index contributed by atoms with van der Waals surface area (Å²) in [6.07, 6.45) is 3.93. The molecule has 0 unspecified atom stereocenters. The van der Waals surface area contributed by atoms with Gasteiger partial charge in [-0.1, -0.05) is 18.2 Å². The van der Waals surface area contributed by atoms with Crippen molar-refractivity contribution in [3.05, 3.63) is 42.5 Å². The maximum absolute atomic E-state index is 5.62. The Kier molecular flexibility index (Phi) is 7.93. The number of hydrogen-bond acceptors (Lipinski definition) is 3. The number of rotatable bonds is 10. The van der Waals surface area contributed by atoms with Crippen LogP contribution in [0, 0.1) is 0 Å². The zero-order valence-corrected chi connectivity index (χ0v) is 11.2. The minimum absolute atomic E-state index is 0.741. The van der Waals surface area contributed by atoms with Gasteiger partial charge in [0, 0.05) is 20.2 Å². The standard InChI is InChI=1S/C15H23NO2/c1-3-4-5-11-18-15-8-6-14(7-9-15)13-16-10-12-17-2/h3,6-9,16H,1,4-5,10-13H2,2H3. The molecule has 0 radical (unpaired) electrons. The van der Waals surface area contributed by atoms with Gasteiger partial charge < -0.3 is 14.8 Å². The van der Waals surface area contributed by atoms with E-state index in [0.29, 0.717) is 0 Å². The average molecular weight is 249 g/mol. The van der Waals surface area contributed by atoms with Crippen LogP contribution in [0.15, 0.2) is 36.9 Å². The zero-order chi connectivity index (χ0) is 13.1. The van der Waals surface area contributed by atoms with Gasteiger partial charge in [0.1, 0.15) is 5.75 Å². The highest BCUT2D eigenvalue weighted by atomic mass is 16.5. The van der Waals surface area contributed by atoms with Gasteiger partial charge in [0.25, 0.3) is 0 Å². The van der Waals surface area contributed by atoms with Gasteiger partial charge in [-0.3, -0.25) is 0 Å². The van der Waals surface area contributed by atoms with E-state index in [1.807, 2.05) is 18.2 Å². The van der Waals surface area contributed by atoms with Crippen LogP contribution in [0.3, 0.4) is 0 Å². The van der Waals surface area contributed by atoms with Crippen molar-refractivity contribution in [2.45, 2.75) is 19.4 Å². The van der Waals surface area contributed by atoms with Crippen molar-refractivity contribution in [2.75, 3.05) is 26.9 Å². The quantitative estimate of drug-likeness (QED) is 0.511. The predicted octanol–water partition coefficient (Wildman–Crippen LogP) is 2.77. The van der Waals surface area contributed by atoms with Crippen LogP contribution in [0.4, 0.5) is 0 Å². The van der Waals surface area contributed by atoms with Gasteiger partial charge in [0.2, 0.25) is 0 Å². The number of nitrogens with one attached hydrogen (secondary N) is 1. The van der Waals surface area contributed by atoms with Crippen LogP contribution in [-0.4, -0.2) is 26.9 Å². The second kappa shape index (κ2) is 9.68. The van der Waals surface area contributed by atoms with Gasteiger partial charge in [0.05, 0.1) is 13.2 Å². The molecule has 1 N–H and O–H groups in total. The van der Waals surface area contributed by atoms with Gasteiger partial charge in [-0.05, 0) is 30.5 Å². The summed E-state index contributed by atoms with van der Waals surface area (Å²) in [4.78, 5) is 0. The fourth-order valence-electron chi connectivity index (χ4n) is 1.53. The summed E-state index contributed by atoms with van der Waals surface area (Å²) < 4.78 is 10.6. The number of unbranched alkanes of at least 4 members (excludes halogenated alkanes) is 1. The van der Waals surface area contributed by atoms with E-state index < -0.39 is 0 Å². The summed E-state index contributed by atoms with van der Waals surface area (Å²) in [5, 5.41) is 3.31. The molecule has 0 aliphatic carbocycles. The monoisotopic (exact) mass is 249 g/mol. The van der Waals surface area contributed by atoms with Crippen LogP contribution < -0.4 is 10.1 Å². The molecule has 0 aliphatic heterocycles. The SMILES string of the molecule is C=CCCCOc1ccc(CNCCOC)cc1. The van der Waals surface area contributed by atoms with Crippen molar-refractivity contribution in [3.8, 4) is 5.75 Å². The van der Waals surface area contributed by atoms with Gasteiger partial charge in [-0.25, -0.2) is 0 Å². The second-order valence-corrected chi connectivity index (χ2v) is 4.09. The molecule has 0 atom stereocenters. The van der Waals surface area contributed by atoms with E-state index in [0.717, 1.165) is 44.9 Å². The molecule has 0 fully saturated rings. The Hall–Kier alpha value is -1.32. The van der Waals surface area contributed by atoms with E-state index in [9.17, 15) is 0 Å². The number of benzene rings is 1. The van der Waals surface area contributed by atoms with Crippen LogP contribution in [0.25, 0.3) is 0 Å². The van der Waals surface area contributed by atoms with E-state index in [-0.39, 0.29) is 0 Å². The third-order valence-corrected chi connectivity index (χ3v) is 2.56. The normalized spacial score (nSPS) is 10.3. The lowest BCUT2D eigenvalue weighted by Crippen LogP contribution is -2.18. The van der Waals surface area contributed by atoms with Gasteiger partial charge >= 0.3 is 0 Å². The number of allylic oxidation sites excluding steroid dienone is 1. The molecule has 0 saturated heterocycles. The van der Waals surface area contributed by atoms with Crippen LogP contribution in [0.2, 0.25) is 0 Å². The third kappa shape index (κ3) is 6.42. The number of methoxy groups -OCH3 is 1. The molecule has 0 aliphatic rings. The molecule has 1 aromatic carbocycles. The lowest BCUT2D eigenvalue weighted by atomic mass is 10.2. The molecule has 0 bridgehead atoms. The summed E-state index contributed by atoms with van der Waals surface area (Å²) in [6, 6.07) is 8.20. The highest BCUT2D eigenvalue weighted by Crippen LogP contribution is 2.12. The number of ether oxygens (including phenoxy) is 2. The van der Waals surface area contributed by atoms with E-state index in [1.54, 1.807) is 7.11 Å². The average Bonchev–Trinajstić information content (AvgIpc) is 2.41. The molecule has 3 nitrogen and oxygen atoms in total. The fraction of sp³-hybridized carbons (Fsp3) is 0.467. The smallest absolute Gasteiger partial charge is 0.119 e. The highest BCUT2D eigenvalue weighted by molar-refractivity contribution is 5.27. The molecule has 0 spiro atoms. The largest absolute Gasteiger partial charge is 0.494 e. The maximum atomic E-state index is 5.62.